The second-order valence-corrected chi connectivity index (χ2v) is 10.6. The van der Waals surface area contributed by atoms with Crippen molar-refractivity contribution < 1.29 is 19.1 Å². The number of esters is 2. The van der Waals surface area contributed by atoms with Crippen molar-refractivity contribution in [2.24, 2.45) is 0 Å². The maximum Gasteiger partial charge on any atom is 0.348 e. The van der Waals surface area contributed by atoms with Gasteiger partial charge in [0.25, 0.3) is 0 Å². The van der Waals surface area contributed by atoms with Gasteiger partial charge in [-0.05, 0) is 50.2 Å². The minimum atomic E-state index is -2.60. The van der Waals surface area contributed by atoms with Gasteiger partial charge < -0.3 is 9.47 Å². The van der Waals surface area contributed by atoms with Gasteiger partial charge in [0.05, 0.1) is 19.6 Å². The number of rotatable bonds is 9. The van der Waals surface area contributed by atoms with E-state index in [4.69, 9.17) is 9.47 Å². The van der Waals surface area contributed by atoms with Crippen LogP contribution in [0, 0.1) is 0 Å². The highest BCUT2D eigenvalue weighted by molar-refractivity contribution is 7.96. The number of hydrogen-bond acceptors (Lipinski definition) is 4. The van der Waals surface area contributed by atoms with E-state index in [0.29, 0.717) is 0 Å². The highest BCUT2D eigenvalue weighted by atomic mass is 31.2. The normalized spacial score (nSPS) is 12.1. The summed E-state index contributed by atoms with van der Waals surface area (Å²) < 4.78 is 10.8. The predicted molar refractivity (Wildman–Crippen MR) is 127 cm³/mol. The first kappa shape index (κ1) is 22.7. The lowest BCUT2D eigenvalue weighted by molar-refractivity contribution is -0.149. The molecule has 0 fully saturated rings. The summed E-state index contributed by atoms with van der Waals surface area (Å²) in [5, 5.41) is 3.07. The quantitative estimate of drug-likeness (QED) is 0.378. The van der Waals surface area contributed by atoms with Crippen LogP contribution in [0.25, 0.3) is 0 Å². The maximum absolute atomic E-state index is 13.4. The molecule has 0 aromatic heterocycles. The molecule has 0 spiro atoms. The molecule has 0 saturated heterocycles. The first-order valence-electron chi connectivity index (χ1n) is 10.5. The molecule has 0 aliphatic rings. The highest BCUT2D eigenvalue weighted by Crippen LogP contribution is 2.61. The number of ether oxygens (including phenoxy) is 2. The van der Waals surface area contributed by atoms with Gasteiger partial charge in [-0.2, -0.15) is 0 Å². The van der Waals surface area contributed by atoms with Gasteiger partial charge in [-0.3, -0.25) is 4.79 Å². The van der Waals surface area contributed by atoms with E-state index in [9.17, 15) is 9.59 Å². The van der Waals surface area contributed by atoms with E-state index in [1.54, 1.807) is 13.8 Å². The maximum atomic E-state index is 13.4. The first-order chi connectivity index (χ1) is 15.1. The monoisotopic (exact) mass is 435 g/mol. The van der Waals surface area contributed by atoms with Gasteiger partial charge in [-0.15, -0.1) is 0 Å². The molecule has 3 rings (SSSR count). The summed E-state index contributed by atoms with van der Waals surface area (Å²) in [7, 11) is -2.60. The van der Waals surface area contributed by atoms with Gasteiger partial charge in [0.2, 0.25) is 0 Å². The van der Waals surface area contributed by atoms with Crippen molar-refractivity contribution in [2.75, 3.05) is 13.2 Å². The van der Waals surface area contributed by atoms with Crippen molar-refractivity contribution >= 4 is 35.1 Å². The minimum absolute atomic E-state index is 0.0425. The molecule has 0 saturated carbocycles. The van der Waals surface area contributed by atoms with Crippen LogP contribution >= 0.6 is 7.26 Å². The Morgan fingerprint density at radius 1 is 0.677 bits per heavy atom. The zero-order valence-electron chi connectivity index (χ0n) is 17.9. The van der Waals surface area contributed by atoms with E-state index in [1.807, 2.05) is 91.0 Å². The molecule has 31 heavy (non-hydrogen) atoms. The van der Waals surface area contributed by atoms with Crippen LogP contribution < -0.4 is 15.9 Å². The molecule has 5 heteroatoms. The summed E-state index contributed by atoms with van der Waals surface area (Å²) in [6, 6.07) is 30.0. The summed E-state index contributed by atoms with van der Waals surface area (Å²) in [6.45, 7) is 4.07. The molecule has 0 bridgehead atoms. The fraction of sp³-hybridized carbons (Fsp3) is 0.231. The van der Waals surface area contributed by atoms with Crippen LogP contribution in [0.15, 0.2) is 91.0 Å². The van der Waals surface area contributed by atoms with Gasteiger partial charge >= 0.3 is 11.9 Å². The van der Waals surface area contributed by atoms with Crippen molar-refractivity contribution in [1.82, 2.24) is 0 Å². The van der Waals surface area contributed by atoms with Crippen molar-refractivity contribution in [3.8, 4) is 0 Å². The number of carbonyl (C=O) groups excluding carboxylic acids is 2. The molecular formula is C26H28O4P+. The molecule has 3 aromatic rings. The summed E-state index contributed by atoms with van der Waals surface area (Å²) in [5.74, 6) is -0.770. The van der Waals surface area contributed by atoms with E-state index in [0.717, 1.165) is 15.9 Å². The Hall–Kier alpha value is -2.97. The second-order valence-electron chi connectivity index (χ2n) is 7.01. The number of hydrogen-bond donors (Lipinski definition) is 0. The lowest BCUT2D eigenvalue weighted by Crippen LogP contribution is -2.44. The molecule has 0 aliphatic heterocycles. The van der Waals surface area contributed by atoms with Crippen LogP contribution in [-0.2, 0) is 19.1 Å². The molecule has 160 valence electrons. The number of carbonyl (C=O) groups is 2. The van der Waals surface area contributed by atoms with Crippen LogP contribution in [0.3, 0.4) is 0 Å². The Balaban J connectivity index is 2.35. The van der Waals surface area contributed by atoms with Gasteiger partial charge in [-0.1, -0.05) is 54.6 Å². The van der Waals surface area contributed by atoms with E-state index in [1.165, 1.54) is 0 Å². The lowest BCUT2D eigenvalue weighted by atomic mass is 10.3. The topological polar surface area (TPSA) is 52.6 Å². The summed E-state index contributed by atoms with van der Waals surface area (Å²) in [4.78, 5) is 26.1. The average molecular weight is 435 g/mol. The molecule has 0 aliphatic carbocycles. The third-order valence-corrected chi connectivity index (χ3v) is 9.85. The molecule has 1 atom stereocenters. The van der Waals surface area contributed by atoms with Crippen molar-refractivity contribution in [1.29, 1.82) is 0 Å². The van der Waals surface area contributed by atoms with Crippen molar-refractivity contribution in [3.05, 3.63) is 91.0 Å². The molecule has 0 N–H and O–H groups in total. The zero-order valence-corrected chi connectivity index (χ0v) is 18.8. The second kappa shape index (κ2) is 10.9. The van der Waals surface area contributed by atoms with E-state index >= 15 is 0 Å². The highest BCUT2D eigenvalue weighted by Gasteiger charge is 2.57. The van der Waals surface area contributed by atoms with E-state index < -0.39 is 18.9 Å². The van der Waals surface area contributed by atoms with Crippen LogP contribution in [0.4, 0.5) is 0 Å². The van der Waals surface area contributed by atoms with Gasteiger partial charge in [-0.25, -0.2) is 4.79 Å². The molecule has 0 amide bonds. The minimum Gasteiger partial charge on any atom is -0.466 e. The SMILES string of the molecule is CCOC(=O)CC(C(=O)OCC)[P+](c1ccccc1)(c1ccccc1)c1ccccc1. The Morgan fingerprint density at radius 2 is 1.06 bits per heavy atom. The standard InChI is InChI=1S/C26H28O4P/c1-3-29-25(27)20-24(26(28)30-4-2)31(21-14-8-5-9-15-21,22-16-10-6-11-17-22)23-18-12-7-13-19-23/h5-19,24H,3-4,20H2,1-2H3/q+1. The van der Waals surface area contributed by atoms with Gasteiger partial charge in [0.15, 0.2) is 5.66 Å². The molecule has 3 aromatic carbocycles. The zero-order chi connectivity index (χ0) is 22.1. The number of benzene rings is 3. The van der Waals surface area contributed by atoms with Crippen molar-refractivity contribution in [2.45, 2.75) is 25.9 Å². The van der Waals surface area contributed by atoms with Crippen LogP contribution in [-0.4, -0.2) is 30.8 Å². The Kier molecular flexibility index (Phi) is 7.97. The van der Waals surface area contributed by atoms with Gasteiger partial charge in [0, 0.05) is 0 Å². The third kappa shape index (κ3) is 4.86. The van der Waals surface area contributed by atoms with Crippen molar-refractivity contribution in [3.63, 3.8) is 0 Å². The largest absolute Gasteiger partial charge is 0.466 e. The molecule has 1 unspecified atom stereocenters. The van der Waals surface area contributed by atoms with E-state index in [2.05, 4.69) is 0 Å². The molecule has 0 radical (unpaired) electrons. The summed E-state index contributed by atoms with van der Waals surface area (Å²) in [5.41, 5.74) is -0.696. The Labute approximate surface area is 184 Å². The van der Waals surface area contributed by atoms with E-state index in [-0.39, 0.29) is 25.6 Å². The summed E-state index contributed by atoms with van der Waals surface area (Å²) >= 11 is 0. The van der Waals surface area contributed by atoms with Crippen LogP contribution in [0.2, 0.25) is 0 Å². The smallest absolute Gasteiger partial charge is 0.348 e. The van der Waals surface area contributed by atoms with Gasteiger partial charge in [0.1, 0.15) is 23.2 Å². The Morgan fingerprint density at radius 3 is 1.42 bits per heavy atom. The molecule has 0 heterocycles. The fourth-order valence-electron chi connectivity index (χ4n) is 3.97. The lowest BCUT2D eigenvalue weighted by Gasteiger charge is -2.33. The average Bonchev–Trinajstić information content (AvgIpc) is 2.81. The fourth-order valence-corrected chi connectivity index (χ4v) is 8.69. The first-order valence-corrected chi connectivity index (χ1v) is 12.4. The molecular weight excluding hydrogens is 407 g/mol. The third-order valence-electron chi connectivity index (χ3n) is 5.18. The summed E-state index contributed by atoms with van der Waals surface area (Å²) in [6.07, 6.45) is -0.0425. The Bertz CT molecular complexity index is 877. The van der Waals surface area contributed by atoms with Crippen LogP contribution in [0.1, 0.15) is 20.3 Å². The van der Waals surface area contributed by atoms with Crippen LogP contribution in [0.5, 0.6) is 0 Å². The molecule has 4 nitrogen and oxygen atoms in total. The predicted octanol–water partition coefficient (Wildman–Crippen LogP) is 3.87.